The summed E-state index contributed by atoms with van der Waals surface area (Å²) in [4.78, 5) is 25.5. The normalized spacial score (nSPS) is 11.6. The summed E-state index contributed by atoms with van der Waals surface area (Å²) in [6.45, 7) is 4.35. The van der Waals surface area contributed by atoms with Crippen molar-refractivity contribution in [2.24, 2.45) is 5.10 Å². The van der Waals surface area contributed by atoms with E-state index in [0.717, 1.165) is 24.8 Å². The van der Waals surface area contributed by atoms with Crippen LogP contribution in [0.25, 0.3) is 10.8 Å². The van der Waals surface area contributed by atoms with Gasteiger partial charge in [0.2, 0.25) is 0 Å². The summed E-state index contributed by atoms with van der Waals surface area (Å²) in [6, 6.07) is 14.3. The maximum absolute atomic E-state index is 12.8. The smallest absolute Gasteiger partial charge is 0.292 e. The van der Waals surface area contributed by atoms with Crippen LogP contribution >= 0.6 is 0 Å². The van der Waals surface area contributed by atoms with Crippen LogP contribution in [0.2, 0.25) is 0 Å². The number of rotatable bonds is 7. The van der Waals surface area contributed by atoms with Crippen LogP contribution in [0.4, 0.5) is 5.69 Å². The van der Waals surface area contributed by atoms with Crippen molar-refractivity contribution < 1.29 is 4.79 Å². The van der Waals surface area contributed by atoms with Crippen LogP contribution in [0.15, 0.2) is 58.4 Å². The molecule has 0 saturated carbocycles. The van der Waals surface area contributed by atoms with Gasteiger partial charge in [0.1, 0.15) is 0 Å². The zero-order valence-corrected chi connectivity index (χ0v) is 16.7. The number of aryl methyl sites for hydroxylation is 1. The minimum Gasteiger partial charge on any atom is -0.399 e. The minimum absolute atomic E-state index is 0.181. The second-order valence-electron chi connectivity index (χ2n) is 6.89. The molecule has 1 amide bonds. The van der Waals surface area contributed by atoms with E-state index in [2.05, 4.69) is 22.5 Å². The molecular formula is C22H25N5O2. The van der Waals surface area contributed by atoms with Gasteiger partial charge in [-0.05, 0) is 37.1 Å². The summed E-state index contributed by atoms with van der Waals surface area (Å²) in [5.74, 6) is -0.464. The van der Waals surface area contributed by atoms with Gasteiger partial charge < -0.3 is 5.73 Å². The van der Waals surface area contributed by atoms with Gasteiger partial charge in [-0.25, -0.2) is 10.1 Å². The first-order chi connectivity index (χ1) is 14.0. The third-order valence-corrected chi connectivity index (χ3v) is 4.69. The van der Waals surface area contributed by atoms with Crippen LogP contribution < -0.4 is 16.7 Å². The van der Waals surface area contributed by atoms with Gasteiger partial charge in [0, 0.05) is 17.6 Å². The van der Waals surface area contributed by atoms with Gasteiger partial charge in [0.25, 0.3) is 11.5 Å². The Kier molecular flexibility index (Phi) is 6.39. The molecule has 3 rings (SSSR count). The third-order valence-electron chi connectivity index (χ3n) is 4.69. The predicted octanol–water partition coefficient (Wildman–Crippen LogP) is 3.32. The monoisotopic (exact) mass is 391 g/mol. The highest BCUT2D eigenvalue weighted by Crippen LogP contribution is 2.14. The number of fused-ring (bicyclic) bond motifs is 1. The third kappa shape index (κ3) is 4.68. The molecule has 0 aliphatic carbocycles. The lowest BCUT2D eigenvalue weighted by atomic mass is 10.1. The topological polar surface area (TPSA) is 102 Å². The van der Waals surface area contributed by atoms with E-state index in [-0.39, 0.29) is 11.3 Å². The number of amides is 1. The number of hydrazone groups is 1. The number of carbonyl (C=O) groups excluding carboxylic acids is 1. The van der Waals surface area contributed by atoms with Gasteiger partial charge in [-0.2, -0.15) is 10.2 Å². The highest BCUT2D eigenvalue weighted by molar-refractivity contribution is 6.06. The van der Waals surface area contributed by atoms with Crippen LogP contribution in [-0.4, -0.2) is 21.4 Å². The van der Waals surface area contributed by atoms with Crippen molar-refractivity contribution >= 4 is 28.1 Å². The maximum atomic E-state index is 12.8. The second-order valence-corrected chi connectivity index (χ2v) is 6.89. The van der Waals surface area contributed by atoms with Gasteiger partial charge >= 0.3 is 0 Å². The van der Waals surface area contributed by atoms with Crippen molar-refractivity contribution in [2.45, 2.75) is 39.7 Å². The van der Waals surface area contributed by atoms with Crippen molar-refractivity contribution in [3.63, 3.8) is 0 Å². The second kappa shape index (κ2) is 9.14. The van der Waals surface area contributed by atoms with E-state index in [1.54, 1.807) is 43.3 Å². The Balaban J connectivity index is 1.93. The fourth-order valence-electron chi connectivity index (χ4n) is 3.08. The molecule has 2 aromatic carbocycles. The number of unbranched alkanes of at least 4 members (excludes halogenated alkanes) is 2. The number of nitrogens with one attached hydrogen (secondary N) is 1. The molecule has 150 valence electrons. The molecule has 0 saturated heterocycles. The molecule has 0 radical (unpaired) electrons. The molecule has 0 aliphatic heterocycles. The molecule has 0 fully saturated rings. The molecule has 3 N–H and O–H groups in total. The van der Waals surface area contributed by atoms with Crippen LogP contribution in [0, 0.1) is 0 Å². The fourth-order valence-corrected chi connectivity index (χ4v) is 3.08. The average Bonchev–Trinajstić information content (AvgIpc) is 2.73. The number of aromatic nitrogens is 2. The number of hydrogen-bond donors (Lipinski definition) is 2. The first kappa shape index (κ1) is 20.3. The van der Waals surface area contributed by atoms with Gasteiger partial charge in [-0.3, -0.25) is 9.59 Å². The molecule has 7 heteroatoms. The molecular weight excluding hydrogens is 366 g/mol. The van der Waals surface area contributed by atoms with Gasteiger partial charge in [0.05, 0.1) is 11.1 Å². The quantitative estimate of drug-likeness (QED) is 0.279. The molecule has 29 heavy (non-hydrogen) atoms. The van der Waals surface area contributed by atoms with Crippen molar-refractivity contribution in [3.05, 3.63) is 70.1 Å². The van der Waals surface area contributed by atoms with Gasteiger partial charge in [0.15, 0.2) is 5.69 Å². The van der Waals surface area contributed by atoms with E-state index in [9.17, 15) is 9.59 Å². The van der Waals surface area contributed by atoms with Crippen LogP contribution in [-0.2, 0) is 6.54 Å². The molecule has 1 heterocycles. The Hall–Kier alpha value is -3.48. The molecule has 0 unspecified atom stereocenters. The molecule has 1 aromatic heterocycles. The predicted molar refractivity (Wildman–Crippen MR) is 116 cm³/mol. The van der Waals surface area contributed by atoms with Gasteiger partial charge in [-0.1, -0.05) is 50.1 Å². The molecule has 0 aliphatic rings. The largest absolute Gasteiger partial charge is 0.399 e. The summed E-state index contributed by atoms with van der Waals surface area (Å²) in [7, 11) is 0. The SMILES string of the molecule is CCCCCn1nc(C(=O)N/N=C(/C)c2cccc(N)c2)c2ccccc2c1=O. The fraction of sp³-hybridized carbons (Fsp3) is 0.273. The summed E-state index contributed by atoms with van der Waals surface area (Å²) in [6.07, 6.45) is 2.86. The Morgan fingerprint density at radius 3 is 2.62 bits per heavy atom. The lowest BCUT2D eigenvalue weighted by molar-refractivity contribution is 0.0949. The first-order valence-corrected chi connectivity index (χ1v) is 9.71. The van der Waals surface area contributed by atoms with Crippen LogP contribution in [0.5, 0.6) is 0 Å². The van der Waals surface area contributed by atoms with Crippen molar-refractivity contribution in [3.8, 4) is 0 Å². The maximum Gasteiger partial charge on any atom is 0.292 e. The van der Waals surface area contributed by atoms with Crippen LogP contribution in [0.3, 0.4) is 0 Å². The standard InChI is InChI=1S/C22H25N5O2/c1-3-4-7-13-27-22(29)19-12-6-5-11-18(19)20(26-27)21(28)25-24-15(2)16-9-8-10-17(23)14-16/h5-6,8-12,14H,3-4,7,13,23H2,1-2H3,(H,25,28)/b24-15-. The van der Waals surface area contributed by atoms with Crippen LogP contribution in [0.1, 0.15) is 49.2 Å². The van der Waals surface area contributed by atoms with E-state index in [1.165, 1.54) is 4.68 Å². The number of anilines is 1. The Morgan fingerprint density at radius 1 is 1.14 bits per heavy atom. The van der Waals surface area contributed by atoms with Crippen molar-refractivity contribution in [2.75, 3.05) is 5.73 Å². The Bertz CT molecular complexity index is 1120. The summed E-state index contributed by atoms with van der Waals surface area (Å²) < 4.78 is 1.38. The molecule has 7 nitrogen and oxygen atoms in total. The summed E-state index contributed by atoms with van der Waals surface area (Å²) >= 11 is 0. The first-order valence-electron chi connectivity index (χ1n) is 9.71. The van der Waals surface area contributed by atoms with E-state index in [4.69, 9.17) is 5.73 Å². The van der Waals surface area contributed by atoms with E-state index in [1.807, 2.05) is 12.1 Å². The molecule has 3 aromatic rings. The zero-order chi connectivity index (χ0) is 20.8. The number of nitrogens with two attached hydrogens (primary N) is 1. The van der Waals surface area contributed by atoms with Gasteiger partial charge in [-0.15, -0.1) is 0 Å². The number of benzene rings is 2. The van der Waals surface area contributed by atoms with E-state index < -0.39 is 5.91 Å². The highest BCUT2D eigenvalue weighted by atomic mass is 16.2. The van der Waals surface area contributed by atoms with Crippen molar-refractivity contribution in [1.82, 2.24) is 15.2 Å². The number of carbonyl (C=O) groups is 1. The lowest BCUT2D eigenvalue weighted by Gasteiger charge is -2.10. The lowest BCUT2D eigenvalue weighted by Crippen LogP contribution is -2.29. The Labute approximate surface area is 169 Å². The zero-order valence-electron chi connectivity index (χ0n) is 16.7. The average molecular weight is 391 g/mol. The molecule has 0 bridgehead atoms. The summed E-state index contributed by atoms with van der Waals surface area (Å²) in [5, 5.41) is 9.51. The van der Waals surface area contributed by atoms with E-state index >= 15 is 0 Å². The van der Waals surface area contributed by atoms with Crippen molar-refractivity contribution in [1.29, 1.82) is 0 Å². The molecule has 0 atom stereocenters. The number of hydrogen-bond acceptors (Lipinski definition) is 5. The Morgan fingerprint density at radius 2 is 1.90 bits per heavy atom. The number of nitrogens with zero attached hydrogens (tertiary/aromatic N) is 3. The highest BCUT2D eigenvalue weighted by Gasteiger charge is 2.16. The number of nitrogen functional groups attached to an aromatic ring is 1. The minimum atomic E-state index is -0.464. The van der Waals surface area contributed by atoms with E-state index in [0.29, 0.717) is 28.7 Å². The summed E-state index contributed by atoms with van der Waals surface area (Å²) in [5.41, 5.74) is 10.4. The molecule has 0 spiro atoms.